The molecule has 0 aromatic heterocycles. The Hall–Kier alpha value is -1.07. The van der Waals surface area contributed by atoms with Gasteiger partial charge in [0.2, 0.25) is 5.91 Å². The molecule has 0 saturated heterocycles. The van der Waals surface area contributed by atoms with Gasteiger partial charge in [0.1, 0.15) is 0 Å². The summed E-state index contributed by atoms with van der Waals surface area (Å²) in [5, 5.41) is 3.67. The first-order valence-electron chi connectivity index (χ1n) is 6.61. The molecule has 116 valence electrons. The Morgan fingerprint density at radius 2 is 2.10 bits per heavy atom. The van der Waals surface area contributed by atoms with Gasteiger partial charge in [0.15, 0.2) is 0 Å². The Kier molecular flexibility index (Phi) is 9.10. The highest BCUT2D eigenvalue weighted by Crippen LogP contribution is 2.26. The fraction of sp³-hybridized carbons (Fsp3) is 0.400. The van der Waals surface area contributed by atoms with Gasteiger partial charge in [0.05, 0.1) is 23.3 Å². The van der Waals surface area contributed by atoms with Crippen molar-refractivity contribution < 1.29 is 14.3 Å². The van der Waals surface area contributed by atoms with Crippen molar-refractivity contribution in [1.82, 2.24) is 5.32 Å². The van der Waals surface area contributed by atoms with E-state index >= 15 is 0 Å². The molecule has 0 fully saturated rings. The third-order valence-corrected chi connectivity index (χ3v) is 3.43. The molecule has 1 amide bonds. The first-order chi connectivity index (χ1) is 10.1. The van der Waals surface area contributed by atoms with E-state index in [4.69, 9.17) is 32.7 Å². The maximum atomic E-state index is 11.6. The number of benzene rings is 1. The van der Waals surface area contributed by atoms with Gasteiger partial charge in [-0.2, -0.15) is 0 Å². The number of ether oxygens (including phenoxy) is 2. The zero-order valence-corrected chi connectivity index (χ0v) is 13.4. The van der Waals surface area contributed by atoms with E-state index in [-0.39, 0.29) is 5.91 Å². The summed E-state index contributed by atoms with van der Waals surface area (Å²) in [6.45, 7) is 2.29. The molecule has 1 N–H and O–H groups in total. The third kappa shape index (κ3) is 7.48. The summed E-state index contributed by atoms with van der Waals surface area (Å²) in [6.07, 6.45) is 3.82. The standard InChI is InChI=1S/C15H19Cl2NO3/c1-20-10-11-21-9-3-8-18-14(19)7-6-12-4-2-5-13(16)15(12)17/h2,4-7H,3,8-11H2,1H3,(H,18,19)/b7-6+. The predicted molar refractivity (Wildman–Crippen MR) is 85.8 cm³/mol. The molecule has 6 heteroatoms. The van der Waals surface area contributed by atoms with Crippen LogP contribution < -0.4 is 5.32 Å². The molecule has 0 aliphatic rings. The van der Waals surface area contributed by atoms with Crippen molar-refractivity contribution in [3.63, 3.8) is 0 Å². The molecule has 0 aliphatic carbocycles. The Balaban J connectivity index is 2.24. The molecule has 0 spiro atoms. The van der Waals surface area contributed by atoms with Crippen LogP contribution in [0.3, 0.4) is 0 Å². The van der Waals surface area contributed by atoms with E-state index in [1.165, 1.54) is 6.08 Å². The molecule has 0 bridgehead atoms. The molecular weight excluding hydrogens is 313 g/mol. The van der Waals surface area contributed by atoms with Crippen LogP contribution in [0.1, 0.15) is 12.0 Å². The highest BCUT2D eigenvalue weighted by molar-refractivity contribution is 6.42. The van der Waals surface area contributed by atoms with Crippen molar-refractivity contribution in [1.29, 1.82) is 0 Å². The fourth-order valence-electron chi connectivity index (χ4n) is 1.50. The SMILES string of the molecule is COCCOCCCNC(=O)/C=C/c1cccc(Cl)c1Cl. The Labute approximate surface area is 135 Å². The Morgan fingerprint density at radius 1 is 1.29 bits per heavy atom. The van der Waals surface area contributed by atoms with Crippen LogP contribution in [0.15, 0.2) is 24.3 Å². The van der Waals surface area contributed by atoms with Crippen LogP contribution in [0.25, 0.3) is 6.08 Å². The number of carbonyl (C=O) groups excluding carboxylic acids is 1. The summed E-state index contributed by atoms with van der Waals surface area (Å²) in [5.74, 6) is -0.178. The number of hydrogen-bond acceptors (Lipinski definition) is 3. The van der Waals surface area contributed by atoms with Crippen LogP contribution >= 0.6 is 23.2 Å². The number of rotatable bonds is 9. The van der Waals surface area contributed by atoms with Crippen molar-refractivity contribution in [2.45, 2.75) is 6.42 Å². The van der Waals surface area contributed by atoms with Crippen LogP contribution in [-0.4, -0.2) is 39.4 Å². The zero-order valence-electron chi connectivity index (χ0n) is 11.9. The lowest BCUT2D eigenvalue weighted by Gasteiger charge is -2.04. The monoisotopic (exact) mass is 331 g/mol. The van der Waals surface area contributed by atoms with Gasteiger partial charge in [-0.1, -0.05) is 35.3 Å². The van der Waals surface area contributed by atoms with E-state index in [2.05, 4.69) is 5.32 Å². The molecule has 0 atom stereocenters. The summed E-state index contributed by atoms with van der Waals surface area (Å²) in [7, 11) is 1.63. The zero-order chi connectivity index (χ0) is 15.5. The minimum Gasteiger partial charge on any atom is -0.382 e. The van der Waals surface area contributed by atoms with Crippen molar-refractivity contribution in [2.75, 3.05) is 33.5 Å². The summed E-state index contributed by atoms with van der Waals surface area (Å²) < 4.78 is 10.1. The van der Waals surface area contributed by atoms with E-state index in [1.807, 2.05) is 0 Å². The summed E-state index contributed by atoms with van der Waals surface area (Å²) >= 11 is 11.9. The van der Waals surface area contributed by atoms with E-state index in [1.54, 1.807) is 31.4 Å². The molecule has 0 heterocycles. The highest BCUT2D eigenvalue weighted by Gasteiger charge is 2.01. The first kappa shape index (κ1) is 18.0. The van der Waals surface area contributed by atoms with Crippen LogP contribution in [0.4, 0.5) is 0 Å². The minimum atomic E-state index is -0.178. The minimum absolute atomic E-state index is 0.178. The lowest BCUT2D eigenvalue weighted by atomic mass is 10.2. The summed E-state index contributed by atoms with van der Waals surface area (Å²) in [4.78, 5) is 11.6. The summed E-state index contributed by atoms with van der Waals surface area (Å²) in [5.41, 5.74) is 0.710. The van der Waals surface area contributed by atoms with Gasteiger partial charge < -0.3 is 14.8 Å². The maximum absolute atomic E-state index is 11.6. The summed E-state index contributed by atoms with van der Waals surface area (Å²) in [6, 6.07) is 5.27. The molecule has 0 saturated carbocycles. The largest absolute Gasteiger partial charge is 0.382 e. The number of methoxy groups -OCH3 is 1. The van der Waals surface area contributed by atoms with E-state index in [0.717, 1.165) is 6.42 Å². The third-order valence-electron chi connectivity index (χ3n) is 2.59. The molecule has 1 aromatic rings. The lowest BCUT2D eigenvalue weighted by Crippen LogP contribution is -2.23. The average molecular weight is 332 g/mol. The van der Waals surface area contributed by atoms with Crippen molar-refractivity contribution in [2.24, 2.45) is 0 Å². The predicted octanol–water partition coefficient (Wildman–Crippen LogP) is 3.18. The number of carbonyl (C=O) groups is 1. The molecule has 0 unspecified atom stereocenters. The highest BCUT2D eigenvalue weighted by atomic mass is 35.5. The molecule has 0 radical (unpaired) electrons. The molecule has 4 nitrogen and oxygen atoms in total. The van der Waals surface area contributed by atoms with E-state index < -0.39 is 0 Å². The molecular formula is C15H19Cl2NO3. The van der Waals surface area contributed by atoms with Gasteiger partial charge in [0.25, 0.3) is 0 Å². The van der Waals surface area contributed by atoms with Gasteiger partial charge >= 0.3 is 0 Å². The number of amides is 1. The second-order valence-corrected chi connectivity index (χ2v) is 5.01. The van der Waals surface area contributed by atoms with Crippen molar-refractivity contribution in [3.8, 4) is 0 Å². The molecule has 1 aromatic carbocycles. The van der Waals surface area contributed by atoms with Gasteiger partial charge in [-0.3, -0.25) is 4.79 Å². The number of hydrogen-bond donors (Lipinski definition) is 1. The topological polar surface area (TPSA) is 47.6 Å². The van der Waals surface area contributed by atoms with Gasteiger partial charge in [-0.05, 0) is 24.1 Å². The second-order valence-electron chi connectivity index (χ2n) is 4.23. The van der Waals surface area contributed by atoms with Gasteiger partial charge in [-0.25, -0.2) is 0 Å². The van der Waals surface area contributed by atoms with Crippen LogP contribution in [0.5, 0.6) is 0 Å². The molecule has 1 rings (SSSR count). The van der Waals surface area contributed by atoms with Crippen molar-refractivity contribution in [3.05, 3.63) is 39.9 Å². The molecule has 0 aliphatic heterocycles. The number of nitrogens with one attached hydrogen (secondary N) is 1. The average Bonchev–Trinajstić information content (AvgIpc) is 2.48. The molecule has 21 heavy (non-hydrogen) atoms. The quantitative estimate of drug-likeness (QED) is 0.558. The smallest absolute Gasteiger partial charge is 0.244 e. The normalized spacial score (nSPS) is 11.0. The first-order valence-corrected chi connectivity index (χ1v) is 7.37. The van der Waals surface area contributed by atoms with Crippen LogP contribution in [0.2, 0.25) is 10.0 Å². The van der Waals surface area contributed by atoms with Crippen molar-refractivity contribution >= 4 is 35.2 Å². The Bertz CT molecular complexity index is 478. The van der Waals surface area contributed by atoms with E-state index in [9.17, 15) is 4.79 Å². The number of halogens is 2. The van der Waals surface area contributed by atoms with Crippen LogP contribution in [-0.2, 0) is 14.3 Å². The van der Waals surface area contributed by atoms with E-state index in [0.29, 0.717) is 42.0 Å². The van der Waals surface area contributed by atoms with Gasteiger partial charge in [-0.15, -0.1) is 0 Å². The fourth-order valence-corrected chi connectivity index (χ4v) is 1.87. The Morgan fingerprint density at radius 3 is 2.86 bits per heavy atom. The van der Waals surface area contributed by atoms with Crippen LogP contribution in [0, 0.1) is 0 Å². The maximum Gasteiger partial charge on any atom is 0.244 e. The lowest BCUT2D eigenvalue weighted by molar-refractivity contribution is -0.116. The van der Waals surface area contributed by atoms with Gasteiger partial charge in [0, 0.05) is 26.3 Å². The second kappa shape index (κ2) is 10.6.